The predicted molar refractivity (Wildman–Crippen MR) is 132 cm³/mol. The van der Waals surface area contributed by atoms with Crippen LogP contribution in [0.5, 0.6) is 0 Å². The number of hydrogen-bond donors (Lipinski definition) is 1. The maximum Gasteiger partial charge on any atom is 0.236 e. The minimum absolute atomic E-state index is 0. The molecule has 0 radical (unpaired) electrons. The van der Waals surface area contributed by atoms with Crippen molar-refractivity contribution in [3.05, 3.63) is 30.1 Å². The molecule has 1 N–H and O–H groups in total. The first-order chi connectivity index (χ1) is 14.2. The molecule has 3 rings (SSSR count). The Kier molecular flexibility index (Phi) is 11.2. The molecule has 2 aliphatic heterocycles. The standard InChI is InChI=1S/C21H32FN5OS.HI/c1-23-21(24-9-16-29-19-8-4-3-7-18(19)22)27-14-12-25(13-15-27)17-20(28)26-10-5-2-6-11-26;/h3-4,7-8H,2,5-6,9-17H2,1H3,(H,23,24);1H. The fraction of sp³-hybridized carbons (Fsp3) is 0.619. The van der Waals surface area contributed by atoms with Gasteiger partial charge in [0.25, 0.3) is 0 Å². The Morgan fingerprint density at radius 3 is 2.43 bits per heavy atom. The lowest BCUT2D eigenvalue weighted by molar-refractivity contribution is -0.133. The lowest BCUT2D eigenvalue weighted by Gasteiger charge is -2.37. The number of hydrogen-bond acceptors (Lipinski definition) is 4. The number of aliphatic imine (C=N–C) groups is 1. The number of guanidine groups is 1. The van der Waals surface area contributed by atoms with Crippen LogP contribution in [0.1, 0.15) is 19.3 Å². The Morgan fingerprint density at radius 2 is 1.77 bits per heavy atom. The van der Waals surface area contributed by atoms with Gasteiger partial charge >= 0.3 is 0 Å². The second-order valence-electron chi connectivity index (χ2n) is 7.46. The van der Waals surface area contributed by atoms with Crippen molar-refractivity contribution in [1.82, 2.24) is 20.0 Å². The van der Waals surface area contributed by atoms with E-state index in [4.69, 9.17) is 0 Å². The highest BCUT2D eigenvalue weighted by molar-refractivity contribution is 14.0. The van der Waals surface area contributed by atoms with Gasteiger partial charge in [0.05, 0.1) is 6.54 Å². The molecule has 2 saturated heterocycles. The lowest BCUT2D eigenvalue weighted by atomic mass is 10.1. The van der Waals surface area contributed by atoms with Crippen molar-refractivity contribution in [3.8, 4) is 0 Å². The molecule has 30 heavy (non-hydrogen) atoms. The van der Waals surface area contributed by atoms with Gasteiger partial charge in [0.15, 0.2) is 5.96 Å². The number of rotatable bonds is 6. The van der Waals surface area contributed by atoms with Crippen molar-refractivity contribution in [3.63, 3.8) is 0 Å². The summed E-state index contributed by atoms with van der Waals surface area (Å²) in [6.45, 7) is 6.52. The van der Waals surface area contributed by atoms with Gasteiger partial charge in [-0.3, -0.25) is 14.7 Å². The molecule has 0 bridgehead atoms. The Hall–Kier alpha value is -1.07. The first-order valence-corrected chi connectivity index (χ1v) is 11.5. The molecule has 6 nitrogen and oxygen atoms in total. The van der Waals surface area contributed by atoms with Crippen LogP contribution in [0.4, 0.5) is 4.39 Å². The van der Waals surface area contributed by atoms with Gasteiger partial charge in [-0.25, -0.2) is 4.39 Å². The van der Waals surface area contributed by atoms with Gasteiger partial charge < -0.3 is 15.1 Å². The molecule has 0 aliphatic carbocycles. The number of halogens is 2. The summed E-state index contributed by atoms with van der Waals surface area (Å²) in [7, 11) is 1.79. The summed E-state index contributed by atoms with van der Waals surface area (Å²) in [6.07, 6.45) is 3.51. The number of nitrogens with one attached hydrogen (secondary N) is 1. The highest BCUT2D eigenvalue weighted by atomic mass is 127. The quantitative estimate of drug-likeness (QED) is 0.195. The van der Waals surface area contributed by atoms with Crippen LogP contribution in [0.2, 0.25) is 0 Å². The normalized spacial score (nSPS) is 18.1. The topological polar surface area (TPSA) is 51.2 Å². The first kappa shape index (κ1) is 25.2. The molecule has 0 saturated carbocycles. The number of amides is 1. The van der Waals surface area contributed by atoms with Crippen molar-refractivity contribution < 1.29 is 9.18 Å². The van der Waals surface area contributed by atoms with Gasteiger partial charge in [-0.2, -0.15) is 0 Å². The third kappa shape index (κ3) is 7.56. The van der Waals surface area contributed by atoms with Gasteiger partial charge in [-0.05, 0) is 31.4 Å². The van der Waals surface area contributed by atoms with E-state index in [0.29, 0.717) is 11.4 Å². The van der Waals surface area contributed by atoms with Gasteiger partial charge in [-0.15, -0.1) is 35.7 Å². The third-order valence-electron chi connectivity index (χ3n) is 5.43. The molecule has 1 amide bonds. The smallest absolute Gasteiger partial charge is 0.236 e. The van der Waals surface area contributed by atoms with Crippen molar-refractivity contribution in [2.45, 2.75) is 24.2 Å². The lowest BCUT2D eigenvalue weighted by Crippen LogP contribution is -2.54. The van der Waals surface area contributed by atoms with Crippen LogP contribution in [0.3, 0.4) is 0 Å². The maximum atomic E-state index is 13.7. The Morgan fingerprint density at radius 1 is 1.07 bits per heavy atom. The SMILES string of the molecule is CN=C(NCCSc1ccccc1F)N1CCN(CC(=O)N2CCCCC2)CC1.I. The number of piperidine rings is 1. The molecular formula is C21H33FIN5OS. The van der Waals surface area contributed by atoms with E-state index in [2.05, 4.69) is 20.1 Å². The number of likely N-dealkylation sites (tertiary alicyclic amines) is 1. The van der Waals surface area contributed by atoms with E-state index in [1.54, 1.807) is 19.2 Å². The summed E-state index contributed by atoms with van der Waals surface area (Å²) >= 11 is 1.51. The number of carbonyl (C=O) groups excluding carboxylic acids is 1. The fourth-order valence-electron chi connectivity index (χ4n) is 3.77. The Balaban J connectivity index is 0.00000320. The second-order valence-corrected chi connectivity index (χ2v) is 8.59. The molecule has 1 aromatic rings. The molecule has 0 spiro atoms. The van der Waals surface area contributed by atoms with E-state index in [1.165, 1.54) is 24.2 Å². The summed E-state index contributed by atoms with van der Waals surface area (Å²) in [6, 6.07) is 6.86. The Bertz CT molecular complexity index is 694. The highest BCUT2D eigenvalue weighted by Crippen LogP contribution is 2.20. The van der Waals surface area contributed by atoms with Crippen LogP contribution in [0, 0.1) is 5.82 Å². The zero-order valence-electron chi connectivity index (χ0n) is 17.7. The summed E-state index contributed by atoms with van der Waals surface area (Å²) in [5.74, 6) is 1.74. The van der Waals surface area contributed by atoms with Gasteiger partial charge in [-0.1, -0.05) is 12.1 Å². The van der Waals surface area contributed by atoms with E-state index < -0.39 is 0 Å². The average Bonchev–Trinajstić information content (AvgIpc) is 2.76. The predicted octanol–water partition coefficient (Wildman–Crippen LogP) is 2.74. The van der Waals surface area contributed by atoms with Crippen LogP contribution < -0.4 is 5.32 Å². The summed E-state index contributed by atoms with van der Waals surface area (Å²) in [5, 5.41) is 3.38. The average molecular weight is 549 g/mol. The molecule has 168 valence electrons. The zero-order valence-corrected chi connectivity index (χ0v) is 20.8. The van der Waals surface area contributed by atoms with Crippen LogP contribution in [-0.2, 0) is 4.79 Å². The van der Waals surface area contributed by atoms with Crippen molar-refractivity contribution in [2.24, 2.45) is 4.99 Å². The molecule has 2 fully saturated rings. The van der Waals surface area contributed by atoms with Gasteiger partial charge in [0.2, 0.25) is 5.91 Å². The van der Waals surface area contributed by atoms with Crippen LogP contribution in [-0.4, -0.2) is 91.7 Å². The molecule has 1 aromatic carbocycles. The fourth-order valence-corrected chi connectivity index (χ4v) is 4.58. The second kappa shape index (κ2) is 13.4. The third-order valence-corrected chi connectivity index (χ3v) is 6.48. The van der Waals surface area contributed by atoms with E-state index >= 15 is 0 Å². The highest BCUT2D eigenvalue weighted by Gasteiger charge is 2.23. The molecule has 2 heterocycles. The number of piperazine rings is 1. The number of nitrogens with zero attached hydrogens (tertiary/aromatic N) is 4. The van der Waals surface area contributed by atoms with Gasteiger partial charge in [0, 0.05) is 63.5 Å². The monoisotopic (exact) mass is 549 g/mol. The summed E-state index contributed by atoms with van der Waals surface area (Å²) < 4.78 is 13.7. The van der Waals surface area contributed by atoms with E-state index in [1.807, 2.05) is 11.0 Å². The van der Waals surface area contributed by atoms with E-state index in [9.17, 15) is 9.18 Å². The van der Waals surface area contributed by atoms with Crippen molar-refractivity contribution in [1.29, 1.82) is 0 Å². The number of thioether (sulfide) groups is 1. The minimum Gasteiger partial charge on any atom is -0.355 e. The number of benzene rings is 1. The molecular weight excluding hydrogens is 516 g/mol. The van der Waals surface area contributed by atoms with Crippen LogP contribution in [0.25, 0.3) is 0 Å². The molecule has 2 aliphatic rings. The minimum atomic E-state index is -0.169. The molecule has 0 unspecified atom stereocenters. The zero-order chi connectivity index (χ0) is 20.5. The maximum absolute atomic E-state index is 13.7. The molecule has 0 aromatic heterocycles. The van der Waals surface area contributed by atoms with Gasteiger partial charge in [0.1, 0.15) is 5.82 Å². The molecule has 9 heteroatoms. The van der Waals surface area contributed by atoms with E-state index in [-0.39, 0.29) is 35.7 Å². The number of carbonyl (C=O) groups is 1. The summed E-state index contributed by atoms with van der Waals surface area (Å²) in [4.78, 5) is 24.0. The van der Waals surface area contributed by atoms with Crippen LogP contribution in [0.15, 0.2) is 34.2 Å². The summed E-state index contributed by atoms with van der Waals surface area (Å²) in [5.41, 5.74) is 0. The van der Waals surface area contributed by atoms with Crippen molar-refractivity contribution >= 4 is 47.6 Å². The van der Waals surface area contributed by atoms with Crippen LogP contribution >= 0.6 is 35.7 Å². The molecule has 0 atom stereocenters. The van der Waals surface area contributed by atoms with Crippen molar-refractivity contribution in [2.75, 3.05) is 65.2 Å². The van der Waals surface area contributed by atoms with E-state index in [0.717, 1.165) is 70.4 Å². The first-order valence-electron chi connectivity index (χ1n) is 10.5. The Labute approximate surface area is 200 Å². The largest absolute Gasteiger partial charge is 0.355 e.